The van der Waals surface area contributed by atoms with Crippen molar-refractivity contribution in [3.63, 3.8) is 0 Å². The van der Waals surface area contributed by atoms with Gasteiger partial charge in [0, 0.05) is 9.90 Å². The molecule has 31 heavy (non-hydrogen) atoms. The third-order valence-electron chi connectivity index (χ3n) is 4.98. The van der Waals surface area contributed by atoms with E-state index in [0.29, 0.717) is 33.6 Å². The minimum absolute atomic E-state index is 0.104. The van der Waals surface area contributed by atoms with Crippen molar-refractivity contribution in [3.8, 4) is 5.75 Å². The fourth-order valence-corrected chi connectivity index (χ4v) is 5.05. The number of methoxy groups -OCH3 is 1. The Morgan fingerprint density at radius 3 is 2.87 bits per heavy atom. The van der Waals surface area contributed by atoms with Gasteiger partial charge in [-0.25, -0.2) is 0 Å². The second-order valence-corrected chi connectivity index (χ2v) is 8.63. The number of aryl methyl sites for hydroxylation is 1. The molecular formula is C22H22ClN3O4S. The summed E-state index contributed by atoms with van der Waals surface area (Å²) in [4.78, 5) is 26.8. The third-order valence-corrected chi connectivity index (χ3v) is 6.42. The Bertz CT molecular complexity index is 1090. The van der Waals surface area contributed by atoms with Gasteiger partial charge in [-0.1, -0.05) is 11.6 Å². The Morgan fingerprint density at radius 2 is 2.10 bits per heavy atom. The van der Waals surface area contributed by atoms with Crippen LogP contribution in [0.2, 0.25) is 5.02 Å². The van der Waals surface area contributed by atoms with Gasteiger partial charge >= 0.3 is 0 Å². The van der Waals surface area contributed by atoms with E-state index in [9.17, 15) is 9.59 Å². The minimum Gasteiger partial charge on any atom is -0.495 e. The maximum atomic E-state index is 13.2. The van der Waals surface area contributed by atoms with Crippen molar-refractivity contribution in [1.82, 2.24) is 5.32 Å². The minimum atomic E-state index is -0.293. The molecule has 4 rings (SSSR count). The lowest BCUT2D eigenvalue weighted by Crippen LogP contribution is -2.28. The highest BCUT2D eigenvalue weighted by atomic mass is 35.5. The number of nitrogens with one attached hydrogen (secondary N) is 3. The summed E-state index contributed by atoms with van der Waals surface area (Å²) >= 11 is 7.55. The van der Waals surface area contributed by atoms with Gasteiger partial charge in [0.2, 0.25) is 5.91 Å². The summed E-state index contributed by atoms with van der Waals surface area (Å²) in [5.74, 6) is 0.746. The Morgan fingerprint density at radius 1 is 1.23 bits per heavy atom. The Hall–Kier alpha value is -2.81. The van der Waals surface area contributed by atoms with Gasteiger partial charge < -0.3 is 25.1 Å². The Labute approximate surface area is 188 Å². The van der Waals surface area contributed by atoms with Crippen molar-refractivity contribution in [1.29, 1.82) is 0 Å². The molecule has 1 aliphatic carbocycles. The van der Waals surface area contributed by atoms with Crippen LogP contribution >= 0.6 is 22.9 Å². The number of ether oxygens (including phenoxy) is 1. The zero-order chi connectivity index (χ0) is 21.8. The predicted molar refractivity (Wildman–Crippen MR) is 121 cm³/mol. The molecule has 0 aliphatic heterocycles. The summed E-state index contributed by atoms with van der Waals surface area (Å²) in [7, 11) is 1.53. The van der Waals surface area contributed by atoms with Crippen molar-refractivity contribution >= 4 is 45.4 Å². The predicted octanol–water partition coefficient (Wildman–Crippen LogP) is 4.47. The van der Waals surface area contributed by atoms with Crippen molar-refractivity contribution in [2.45, 2.75) is 25.8 Å². The van der Waals surface area contributed by atoms with E-state index in [-0.39, 0.29) is 18.4 Å². The van der Waals surface area contributed by atoms with E-state index in [1.807, 2.05) is 6.07 Å². The standard InChI is InChI=1S/C22H22ClN3O4S/c1-29-17-8-7-13(23)10-16(17)25-21(28)20-15-5-2-6-18(15)31-22(20)26-19(27)12-24-11-14-4-3-9-30-14/h3-4,7-10,24H,2,5-6,11-12H2,1H3,(H,25,28)(H,26,27). The molecule has 0 spiro atoms. The van der Waals surface area contributed by atoms with Crippen molar-refractivity contribution < 1.29 is 18.7 Å². The molecule has 9 heteroatoms. The molecular weight excluding hydrogens is 438 g/mol. The highest BCUT2D eigenvalue weighted by Gasteiger charge is 2.28. The summed E-state index contributed by atoms with van der Waals surface area (Å²) in [5, 5.41) is 9.87. The van der Waals surface area contributed by atoms with E-state index in [0.717, 1.165) is 35.5 Å². The molecule has 1 aromatic carbocycles. The molecule has 3 aromatic rings. The highest BCUT2D eigenvalue weighted by Crippen LogP contribution is 2.40. The number of benzene rings is 1. The van der Waals surface area contributed by atoms with Crippen LogP contribution in [0.15, 0.2) is 41.0 Å². The van der Waals surface area contributed by atoms with Crippen LogP contribution in [0.4, 0.5) is 10.7 Å². The molecule has 1 aliphatic rings. The molecule has 2 aromatic heterocycles. The molecule has 0 saturated heterocycles. The van der Waals surface area contributed by atoms with Crippen LogP contribution in [0, 0.1) is 0 Å². The first-order chi connectivity index (χ1) is 15.0. The normalized spacial score (nSPS) is 12.5. The van der Waals surface area contributed by atoms with E-state index >= 15 is 0 Å². The number of rotatable bonds is 8. The van der Waals surface area contributed by atoms with Crippen LogP contribution in [-0.4, -0.2) is 25.5 Å². The number of furan rings is 1. The molecule has 2 heterocycles. The van der Waals surface area contributed by atoms with E-state index in [1.54, 1.807) is 30.5 Å². The van der Waals surface area contributed by atoms with Gasteiger partial charge in [0.1, 0.15) is 16.5 Å². The monoisotopic (exact) mass is 459 g/mol. The van der Waals surface area contributed by atoms with Gasteiger partial charge in [0.05, 0.1) is 37.7 Å². The molecule has 7 nitrogen and oxygen atoms in total. The van der Waals surface area contributed by atoms with Crippen molar-refractivity contribution in [2.75, 3.05) is 24.3 Å². The number of hydrogen-bond donors (Lipinski definition) is 3. The Kier molecular flexibility index (Phi) is 6.60. The number of halogens is 1. The molecule has 2 amide bonds. The molecule has 162 valence electrons. The Balaban J connectivity index is 1.49. The summed E-state index contributed by atoms with van der Waals surface area (Å²) < 4.78 is 10.6. The van der Waals surface area contributed by atoms with Crippen LogP contribution < -0.4 is 20.7 Å². The molecule has 3 N–H and O–H groups in total. The van der Waals surface area contributed by atoms with E-state index in [2.05, 4.69) is 16.0 Å². The third kappa shape index (κ3) is 4.92. The summed E-state index contributed by atoms with van der Waals surface area (Å²) in [6.07, 6.45) is 4.31. The van der Waals surface area contributed by atoms with Gasteiger partial charge in [-0.15, -0.1) is 11.3 Å². The molecule has 0 radical (unpaired) electrons. The van der Waals surface area contributed by atoms with Crippen LogP contribution in [0.5, 0.6) is 5.75 Å². The first-order valence-electron chi connectivity index (χ1n) is 9.87. The summed E-state index contributed by atoms with van der Waals surface area (Å²) in [5.41, 5.74) is 2.00. The lowest BCUT2D eigenvalue weighted by Gasteiger charge is -2.12. The van der Waals surface area contributed by atoms with Gasteiger partial charge in [0.25, 0.3) is 5.91 Å². The van der Waals surface area contributed by atoms with Gasteiger partial charge in [0.15, 0.2) is 0 Å². The summed E-state index contributed by atoms with van der Waals surface area (Å²) in [6, 6.07) is 8.66. The first-order valence-corrected chi connectivity index (χ1v) is 11.1. The zero-order valence-corrected chi connectivity index (χ0v) is 18.5. The molecule has 0 saturated carbocycles. The van der Waals surface area contributed by atoms with Gasteiger partial charge in [-0.2, -0.15) is 0 Å². The smallest absolute Gasteiger partial charge is 0.259 e. The fraction of sp³-hybridized carbons (Fsp3) is 0.273. The highest BCUT2D eigenvalue weighted by molar-refractivity contribution is 7.17. The SMILES string of the molecule is COc1ccc(Cl)cc1NC(=O)c1c(NC(=O)CNCc2ccco2)sc2c1CCC2. The molecule has 0 atom stereocenters. The number of hydrogen-bond acceptors (Lipinski definition) is 6. The summed E-state index contributed by atoms with van der Waals surface area (Å²) in [6.45, 7) is 0.551. The number of carbonyl (C=O) groups is 2. The fourth-order valence-electron chi connectivity index (χ4n) is 3.58. The zero-order valence-electron chi connectivity index (χ0n) is 16.9. The van der Waals surface area contributed by atoms with Crippen LogP contribution in [-0.2, 0) is 24.2 Å². The van der Waals surface area contributed by atoms with Crippen LogP contribution in [0.3, 0.4) is 0 Å². The van der Waals surface area contributed by atoms with Crippen molar-refractivity contribution in [3.05, 3.63) is 63.4 Å². The number of amides is 2. The molecule has 0 fully saturated rings. The van der Waals surface area contributed by atoms with Gasteiger partial charge in [-0.05, 0) is 55.2 Å². The van der Waals surface area contributed by atoms with Crippen molar-refractivity contribution in [2.24, 2.45) is 0 Å². The average Bonchev–Trinajstić information content (AvgIpc) is 3.46. The second kappa shape index (κ2) is 9.55. The number of carbonyl (C=O) groups excluding carboxylic acids is 2. The largest absolute Gasteiger partial charge is 0.495 e. The maximum absolute atomic E-state index is 13.2. The topological polar surface area (TPSA) is 92.6 Å². The average molecular weight is 460 g/mol. The van der Waals surface area contributed by atoms with Gasteiger partial charge in [-0.3, -0.25) is 9.59 Å². The first kappa shape index (κ1) is 21.4. The maximum Gasteiger partial charge on any atom is 0.259 e. The lowest BCUT2D eigenvalue weighted by molar-refractivity contribution is -0.115. The number of fused-ring (bicyclic) bond motifs is 1. The lowest BCUT2D eigenvalue weighted by atomic mass is 10.1. The quantitative estimate of drug-likeness (QED) is 0.462. The second-order valence-electron chi connectivity index (χ2n) is 7.09. The van der Waals surface area contributed by atoms with E-state index in [1.165, 1.54) is 18.4 Å². The van der Waals surface area contributed by atoms with E-state index < -0.39 is 0 Å². The van der Waals surface area contributed by atoms with Crippen LogP contribution in [0.25, 0.3) is 0 Å². The number of thiophene rings is 1. The molecule has 0 bridgehead atoms. The molecule has 0 unspecified atom stereocenters. The van der Waals surface area contributed by atoms with E-state index in [4.69, 9.17) is 20.8 Å². The van der Waals surface area contributed by atoms with Crippen LogP contribution in [0.1, 0.15) is 33.0 Å². The number of anilines is 2.